The molecule has 3 N–H and O–H groups in total. The Hall–Kier alpha value is -1.47. The molecule has 1 aromatic carbocycles. The van der Waals surface area contributed by atoms with E-state index in [-0.39, 0.29) is 45.0 Å². The highest BCUT2D eigenvalue weighted by Crippen LogP contribution is 2.80. The smallest absolute Gasteiger partial charge is 0.309 e. The minimum Gasteiger partial charge on any atom is -0.481 e. The molecule has 6 fully saturated rings. The third-order valence-corrected chi connectivity index (χ3v) is 17.1. The molecule has 5 aliphatic carbocycles. The molecule has 6 aliphatic rings. The van der Waals surface area contributed by atoms with Gasteiger partial charge in [0.2, 0.25) is 0 Å². The van der Waals surface area contributed by atoms with Crippen LogP contribution in [0, 0.1) is 56.2 Å². The molecular weight excluding hydrogens is 600 g/mol. The van der Waals surface area contributed by atoms with Crippen molar-refractivity contribution in [1.82, 2.24) is 0 Å². The minimum absolute atomic E-state index is 0.0116. The van der Waals surface area contributed by atoms with E-state index in [1.807, 2.05) is 6.92 Å². The van der Waals surface area contributed by atoms with Gasteiger partial charge in [-0.2, -0.15) is 0 Å². The number of hydrogen-bond acceptors (Lipinski definition) is 5. The Bertz CT molecular complexity index is 1390. The van der Waals surface area contributed by atoms with Crippen molar-refractivity contribution in [3.05, 3.63) is 35.4 Å². The van der Waals surface area contributed by atoms with Gasteiger partial charge in [-0.3, -0.25) is 4.79 Å². The van der Waals surface area contributed by atoms with E-state index in [1.165, 1.54) is 17.5 Å². The highest BCUT2D eigenvalue weighted by atomic mass is 16.6. The molecule has 0 aromatic heterocycles. The lowest BCUT2D eigenvalue weighted by Gasteiger charge is -2.75. The molecule has 5 saturated carbocycles. The SMILES string of the molecule is CCCC1C2(O)CC(O)C3C4(C)CCC5(C)C6CC(C)(C(=O)O)CCC6(C)CCC5(C)C4CCC13C(Cc1ccc(CCOC)cc1)O2. The van der Waals surface area contributed by atoms with Crippen LogP contribution in [-0.2, 0) is 27.1 Å². The minimum atomic E-state index is -1.29. The quantitative estimate of drug-likeness (QED) is 0.259. The number of benzene rings is 1. The van der Waals surface area contributed by atoms with Crippen LogP contribution in [0.3, 0.4) is 0 Å². The van der Waals surface area contributed by atoms with Crippen molar-refractivity contribution in [1.29, 1.82) is 0 Å². The predicted molar refractivity (Wildman–Crippen MR) is 187 cm³/mol. The maximum Gasteiger partial charge on any atom is 0.309 e. The number of carboxylic acid groups (broad SMARTS) is 1. The van der Waals surface area contributed by atoms with Crippen LogP contribution in [0.25, 0.3) is 0 Å². The largest absolute Gasteiger partial charge is 0.481 e. The van der Waals surface area contributed by atoms with Crippen molar-refractivity contribution in [2.45, 2.75) is 149 Å². The van der Waals surface area contributed by atoms with Gasteiger partial charge < -0.3 is 24.8 Å². The van der Waals surface area contributed by atoms with Crippen molar-refractivity contribution in [2.24, 2.45) is 56.2 Å². The Labute approximate surface area is 289 Å². The summed E-state index contributed by atoms with van der Waals surface area (Å²) in [6, 6.07) is 8.87. The van der Waals surface area contributed by atoms with Gasteiger partial charge in [-0.15, -0.1) is 0 Å². The number of aliphatic hydroxyl groups excluding tert-OH is 1. The zero-order chi connectivity index (χ0) is 34.5. The third-order valence-electron chi connectivity index (χ3n) is 17.1. The molecule has 13 unspecified atom stereocenters. The molecule has 2 bridgehead atoms. The number of carboxylic acids is 1. The van der Waals surface area contributed by atoms with Crippen molar-refractivity contribution < 1.29 is 29.6 Å². The maximum atomic E-state index is 12.6. The summed E-state index contributed by atoms with van der Waals surface area (Å²) in [6.45, 7) is 15.0. The van der Waals surface area contributed by atoms with E-state index in [1.54, 1.807) is 7.11 Å². The first-order chi connectivity index (χ1) is 22.6. The molecule has 48 heavy (non-hydrogen) atoms. The Morgan fingerprint density at radius 3 is 2.21 bits per heavy atom. The fraction of sp³-hybridized carbons (Fsp3) is 0.833. The van der Waals surface area contributed by atoms with Gasteiger partial charge in [-0.25, -0.2) is 0 Å². The summed E-state index contributed by atoms with van der Waals surface area (Å²) in [6.07, 6.45) is 12.1. The molecule has 1 saturated heterocycles. The summed E-state index contributed by atoms with van der Waals surface area (Å²) in [5.74, 6) is -1.04. The monoisotopic (exact) mass is 664 g/mol. The molecular formula is C42H64O6. The average Bonchev–Trinajstić information content (AvgIpc) is 3.18. The number of aliphatic carboxylic acids is 1. The highest BCUT2D eigenvalue weighted by molar-refractivity contribution is 5.74. The first kappa shape index (κ1) is 35.0. The number of rotatable bonds is 8. The van der Waals surface area contributed by atoms with Crippen molar-refractivity contribution in [3.63, 3.8) is 0 Å². The Balaban J connectivity index is 1.26. The van der Waals surface area contributed by atoms with Crippen LogP contribution in [0.15, 0.2) is 24.3 Å². The molecule has 7 rings (SSSR count). The van der Waals surface area contributed by atoms with Gasteiger partial charge in [0.1, 0.15) is 0 Å². The van der Waals surface area contributed by atoms with E-state index >= 15 is 0 Å². The molecule has 1 aromatic rings. The lowest BCUT2D eigenvalue weighted by molar-refractivity contribution is -0.288. The van der Waals surface area contributed by atoms with Gasteiger partial charge in [-0.05, 0) is 135 Å². The first-order valence-electron chi connectivity index (χ1n) is 19.4. The van der Waals surface area contributed by atoms with E-state index in [0.717, 1.165) is 77.0 Å². The molecule has 1 heterocycles. The molecule has 268 valence electrons. The fourth-order valence-corrected chi connectivity index (χ4v) is 14.4. The zero-order valence-electron chi connectivity index (χ0n) is 30.9. The van der Waals surface area contributed by atoms with Crippen LogP contribution >= 0.6 is 0 Å². The fourth-order valence-electron chi connectivity index (χ4n) is 14.4. The summed E-state index contributed by atoms with van der Waals surface area (Å²) in [7, 11) is 1.74. The maximum absolute atomic E-state index is 12.6. The van der Waals surface area contributed by atoms with Gasteiger partial charge in [0.25, 0.3) is 0 Å². The normalized spacial score (nSPS) is 50.9. The lowest BCUT2D eigenvalue weighted by atomic mass is 9.29. The number of fused-ring (bicyclic) bond motifs is 7. The molecule has 1 spiro atoms. The Morgan fingerprint density at radius 2 is 1.54 bits per heavy atom. The zero-order valence-corrected chi connectivity index (χ0v) is 30.9. The van der Waals surface area contributed by atoms with Gasteiger partial charge in [0.05, 0.1) is 24.2 Å². The summed E-state index contributed by atoms with van der Waals surface area (Å²) in [5.41, 5.74) is 1.75. The number of ether oxygens (including phenoxy) is 2. The molecule has 13 atom stereocenters. The van der Waals surface area contributed by atoms with Crippen LogP contribution in [0.1, 0.15) is 130 Å². The van der Waals surface area contributed by atoms with Gasteiger partial charge in [-0.1, -0.05) is 65.3 Å². The molecule has 0 amide bonds. The average molecular weight is 665 g/mol. The second-order valence-corrected chi connectivity index (χ2v) is 19.1. The van der Waals surface area contributed by atoms with Crippen LogP contribution in [0.4, 0.5) is 0 Å². The van der Waals surface area contributed by atoms with Crippen molar-refractivity contribution >= 4 is 5.97 Å². The lowest BCUT2D eigenvalue weighted by Crippen LogP contribution is -2.71. The van der Waals surface area contributed by atoms with Gasteiger partial charge in [0.15, 0.2) is 5.79 Å². The number of carbonyl (C=O) groups is 1. The molecule has 6 nitrogen and oxygen atoms in total. The van der Waals surface area contributed by atoms with Crippen LogP contribution < -0.4 is 0 Å². The van der Waals surface area contributed by atoms with E-state index in [9.17, 15) is 20.1 Å². The standard InChI is InChI=1S/C42H64O6/c1-8-9-31-41-16-14-30-38(4,20-22-40(6)32-26-37(3,35(44)45)18-17-36(32,2)19-21-39(30,40)5)34(41)29(43)25-42(31,46)48-33(41)24-28-12-10-27(11-13-28)15-23-47-7/h10-13,29-34,43,46H,8-9,14-26H2,1-7H3,(H,44,45). The van der Waals surface area contributed by atoms with Gasteiger partial charge >= 0.3 is 5.97 Å². The summed E-state index contributed by atoms with van der Waals surface area (Å²) in [4.78, 5) is 12.6. The number of methoxy groups -OCH3 is 1. The molecule has 1 aliphatic heterocycles. The Morgan fingerprint density at radius 1 is 0.896 bits per heavy atom. The third kappa shape index (κ3) is 4.66. The number of hydrogen-bond donors (Lipinski definition) is 3. The van der Waals surface area contributed by atoms with E-state index in [2.05, 4.69) is 58.9 Å². The van der Waals surface area contributed by atoms with E-state index in [0.29, 0.717) is 24.9 Å². The van der Waals surface area contributed by atoms with E-state index < -0.39 is 23.3 Å². The number of aliphatic hydroxyl groups is 2. The van der Waals surface area contributed by atoms with Crippen LogP contribution in [0.2, 0.25) is 0 Å². The second-order valence-electron chi connectivity index (χ2n) is 19.1. The van der Waals surface area contributed by atoms with Crippen LogP contribution in [0.5, 0.6) is 0 Å². The van der Waals surface area contributed by atoms with Crippen LogP contribution in [-0.4, -0.2) is 53.0 Å². The summed E-state index contributed by atoms with van der Waals surface area (Å²) < 4.78 is 12.2. The second kappa shape index (κ2) is 11.5. The highest BCUT2D eigenvalue weighted by Gasteiger charge is 2.78. The molecule has 6 heteroatoms. The van der Waals surface area contributed by atoms with E-state index in [4.69, 9.17) is 9.47 Å². The topological polar surface area (TPSA) is 96.2 Å². The molecule has 0 radical (unpaired) electrons. The summed E-state index contributed by atoms with van der Waals surface area (Å²) >= 11 is 0. The predicted octanol–water partition coefficient (Wildman–Crippen LogP) is 8.20. The van der Waals surface area contributed by atoms with Crippen molar-refractivity contribution in [3.8, 4) is 0 Å². The van der Waals surface area contributed by atoms with Gasteiger partial charge in [0, 0.05) is 24.9 Å². The van der Waals surface area contributed by atoms with Crippen molar-refractivity contribution in [2.75, 3.05) is 13.7 Å². The summed E-state index contributed by atoms with van der Waals surface area (Å²) in [5, 5.41) is 35.0. The Kier molecular flexibility index (Phi) is 8.39. The first-order valence-corrected chi connectivity index (χ1v) is 19.4.